The standard InChI is InChI=1S/C26H24N4O6/c1-16-11-20(17(2)29(16)13-18-7-8-23-24(12-18)36-15-35-23)22(31)14-34-25(32)9-10-30-26(33)19-5-3-4-6-21(19)27-28-30/h3-8,11-12H,9-10,13-15H2,1-2H3. The minimum atomic E-state index is -0.598. The van der Waals surface area contributed by atoms with Gasteiger partial charge in [0.1, 0.15) is 5.52 Å². The molecule has 184 valence electrons. The largest absolute Gasteiger partial charge is 0.457 e. The van der Waals surface area contributed by atoms with Gasteiger partial charge in [0, 0.05) is 23.5 Å². The SMILES string of the molecule is Cc1cc(C(=O)COC(=O)CCn2nnc3ccccc3c2=O)c(C)n1Cc1ccc2c(c1)OCO2. The molecule has 10 heteroatoms. The number of aromatic nitrogens is 4. The Balaban J connectivity index is 1.19. The maximum atomic E-state index is 12.8. The lowest BCUT2D eigenvalue weighted by Gasteiger charge is -2.11. The van der Waals surface area contributed by atoms with Gasteiger partial charge < -0.3 is 18.8 Å². The lowest BCUT2D eigenvalue weighted by Crippen LogP contribution is -2.26. The number of nitrogens with zero attached hydrogens (tertiary/aromatic N) is 4. The van der Waals surface area contributed by atoms with E-state index in [0.717, 1.165) is 27.4 Å². The van der Waals surface area contributed by atoms with Crippen molar-refractivity contribution in [3.8, 4) is 11.5 Å². The van der Waals surface area contributed by atoms with E-state index in [0.29, 0.717) is 28.8 Å². The van der Waals surface area contributed by atoms with Gasteiger partial charge in [-0.25, -0.2) is 4.68 Å². The summed E-state index contributed by atoms with van der Waals surface area (Å²) >= 11 is 0. The minimum Gasteiger partial charge on any atom is -0.457 e. The lowest BCUT2D eigenvalue weighted by molar-refractivity contribution is -0.142. The fraction of sp³-hybridized carbons (Fsp3) is 0.269. The Labute approximate surface area is 206 Å². The number of ether oxygens (including phenoxy) is 3. The van der Waals surface area contributed by atoms with Crippen molar-refractivity contribution < 1.29 is 23.8 Å². The summed E-state index contributed by atoms with van der Waals surface area (Å²) in [6.07, 6.45) is -0.108. The molecule has 0 amide bonds. The van der Waals surface area contributed by atoms with Crippen molar-refractivity contribution in [1.82, 2.24) is 19.6 Å². The zero-order valence-corrected chi connectivity index (χ0v) is 19.9. The zero-order chi connectivity index (χ0) is 25.2. The van der Waals surface area contributed by atoms with Crippen molar-refractivity contribution in [3.05, 3.63) is 81.4 Å². The van der Waals surface area contributed by atoms with E-state index in [-0.39, 0.29) is 37.7 Å². The number of fused-ring (bicyclic) bond motifs is 2. The van der Waals surface area contributed by atoms with Crippen LogP contribution in [0.15, 0.2) is 53.3 Å². The summed E-state index contributed by atoms with van der Waals surface area (Å²) < 4.78 is 19.1. The van der Waals surface area contributed by atoms with E-state index in [2.05, 4.69) is 10.3 Å². The van der Waals surface area contributed by atoms with Crippen molar-refractivity contribution >= 4 is 22.7 Å². The number of benzene rings is 2. The fourth-order valence-electron chi connectivity index (χ4n) is 4.21. The minimum absolute atomic E-state index is 0.00768. The number of carbonyl (C=O) groups is 2. The molecule has 0 saturated heterocycles. The fourth-order valence-corrected chi connectivity index (χ4v) is 4.21. The highest BCUT2D eigenvalue weighted by Crippen LogP contribution is 2.33. The number of hydrogen-bond acceptors (Lipinski definition) is 8. The van der Waals surface area contributed by atoms with Crippen molar-refractivity contribution in [2.45, 2.75) is 33.4 Å². The molecular weight excluding hydrogens is 464 g/mol. The summed E-state index contributed by atoms with van der Waals surface area (Å²) in [7, 11) is 0. The highest BCUT2D eigenvalue weighted by molar-refractivity contribution is 5.99. The second-order valence-corrected chi connectivity index (χ2v) is 8.53. The number of ketones is 1. The van der Waals surface area contributed by atoms with Crippen LogP contribution in [0, 0.1) is 13.8 Å². The Kier molecular flexibility index (Phi) is 6.24. The van der Waals surface area contributed by atoms with Crippen molar-refractivity contribution in [1.29, 1.82) is 0 Å². The monoisotopic (exact) mass is 488 g/mol. The summed E-state index contributed by atoms with van der Waals surface area (Å²) in [5.41, 5.74) is 3.36. The Bertz CT molecular complexity index is 1540. The predicted octanol–water partition coefficient (Wildman–Crippen LogP) is 2.80. The Hall–Kier alpha value is -4.47. The van der Waals surface area contributed by atoms with Crippen LogP contribution in [0.2, 0.25) is 0 Å². The van der Waals surface area contributed by atoms with Crippen LogP contribution in [0.25, 0.3) is 10.9 Å². The highest BCUT2D eigenvalue weighted by atomic mass is 16.7. The number of esters is 1. The first kappa shape index (κ1) is 23.3. The second-order valence-electron chi connectivity index (χ2n) is 8.53. The van der Waals surface area contributed by atoms with Gasteiger partial charge in [-0.15, -0.1) is 5.10 Å². The van der Waals surface area contributed by atoms with Gasteiger partial charge in [0.05, 0.1) is 18.4 Å². The molecule has 0 aliphatic carbocycles. The van der Waals surface area contributed by atoms with E-state index in [1.807, 2.05) is 36.6 Å². The second kappa shape index (κ2) is 9.65. The molecule has 2 aromatic carbocycles. The summed E-state index contributed by atoms with van der Waals surface area (Å²) in [6, 6.07) is 14.4. The number of carbonyl (C=O) groups excluding carboxylic acids is 2. The van der Waals surface area contributed by atoms with Crippen LogP contribution in [0.4, 0.5) is 0 Å². The van der Waals surface area contributed by atoms with Crippen molar-refractivity contribution in [3.63, 3.8) is 0 Å². The molecule has 2 aromatic heterocycles. The molecule has 4 aromatic rings. The summed E-state index contributed by atoms with van der Waals surface area (Å²) in [5.74, 6) is 0.528. The van der Waals surface area contributed by atoms with Crippen LogP contribution >= 0.6 is 0 Å². The molecule has 0 fully saturated rings. The lowest BCUT2D eigenvalue weighted by atomic mass is 10.1. The van der Waals surface area contributed by atoms with Gasteiger partial charge in [0.15, 0.2) is 18.1 Å². The van der Waals surface area contributed by atoms with E-state index in [4.69, 9.17) is 14.2 Å². The van der Waals surface area contributed by atoms with Crippen LogP contribution in [0.5, 0.6) is 11.5 Å². The Morgan fingerprint density at radius 1 is 1.06 bits per heavy atom. The number of Topliss-reactive ketones (excluding diaryl/α,β-unsaturated/α-hetero) is 1. The van der Waals surface area contributed by atoms with Gasteiger partial charge in [0.25, 0.3) is 5.56 Å². The third-order valence-electron chi connectivity index (χ3n) is 6.17. The smallest absolute Gasteiger partial charge is 0.308 e. The van der Waals surface area contributed by atoms with Crippen LogP contribution in [-0.2, 0) is 22.6 Å². The van der Waals surface area contributed by atoms with Crippen LogP contribution in [0.3, 0.4) is 0 Å². The molecule has 0 unspecified atom stereocenters. The maximum Gasteiger partial charge on any atom is 0.308 e. The molecule has 0 N–H and O–H groups in total. The highest BCUT2D eigenvalue weighted by Gasteiger charge is 2.19. The molecular formula is C26H24N4O6. The van der Waals surface area contributed by atoms with Crippen LogP contribution in [0.1, 0.15) is 33.7 Å². The molecule has 0 bridgehead atoms. The van der Waals surface area contributed by atoms with E-state index < -0.39 is 5.97 Å². The average molecular weight is 489 g/mol. The summed E-state index contributed by atoms with van der Waals surface area (Å²) in [5, 5.41) is 8.28. The first-order chi connectivity index (χ1) is 17.4. The van der Waals surface area contributed by atoms with E-state index in [9.17, 15) is 14.4 Å². The number of rotatable bonds is 8. The third-order valence-corrected chi connectivity index (χ3v) is 6.17. The molecule has 1 aliphatic heterocycles. The maximum absolute atomic E-state index is 12.8. The van der Waals surface area contributed by atoms with E-state index in [1.165, 1.54) is 0 Å². The van der Waals surface area contributed by atoms with Gasteiger partial charge >= 0.3 is 5.97 Å². The molecule has 5 rings (SSSR count). The van der Waals surface area contributed by atoms with Gasteiger partial charge in [-0.1, -0.05) is 23.4 Å². The van der Waals surface area contributed by atoms with Crippen molar-refractivity contribution in [2.75, 3.05) is 13.4 Å². The molecule has 0 saturated carbocycles. The normalized spacial score (nSPS) is 12.2. The first-order valence-electron chi connectivity index (χ1n) is 11.5. The topological polar surface area (TPSA) is 115 Å². The van der Waals surface area contributed by atoms with E-state index in [1.54, 1.807) is 30.3 Å². The predicted molar refractivity (Wildman–Crippen MR) is 129 cm³/mol. The molecule has 10 nitrogen and oxygen atoms in total. The summed E-state index contributed by atoms with van der Waals surface area (Å²) in [6.45, 7) is 4.18. The van der Waals surface area contributed by atoms with Crippen LogP contribution < -0.4 is 15.0 Å². The Morgan fingerprint density at radius 3 is 2.72 bits per heavy atom. The molecule has 0 atom stereocenters. The Morgan fingerprint density at radius 2 is 1.86 bits per heavy atom. The molecule has 36 heavy (non-hydrogen) atoms. The molecule has 0 radical (unpaired) electrons. The van der Waals surface area contributed by atoms with Gasteiger partial charge in [-0.05, 0) is 49.7 Å². The van der Waals surface area contributed by atoms with Gasteiger partial charge in [0.2, 0.25) is 12.6 Å². The van der Waals surface area contributed by atoms with E-state index >= 15 is 0 Å². The number of hydrogen-bond donors (Lipinski definition) is 0. The van der Waals surface area contributed by atoms with Crippen LogP contribution in [-0.4, -0.2) is 44.7 Å². The third kappa shape index (κ3) is 4.57. The molecule has 3 heterocycles. The quantitative estimate of drug-likeness (QED) is 0.275. The van der Waals surface area contributed by atoms with Crippen molar-refractivity contribution in [2.24, 2.45) is 0 Å². The summed E-state index contributed by atoms with van der Waals surface area (Å²) in [4.78, 5) is 37.6. The molecule has 0 spiro atoms. The zero-order valence-electron chi connectivity index (χ0n) is 19.9. The number of aryl methyl sites for hydroxylation is 2. The van der Waals surface area contributed by atoms with Gasteiger partial charge in [-0.3, -0.25) is 14.4 Å². The molecule has 1 aliphatic rings. The van der Waals surface area contributed by atoms with Gasteiger partial charge in [-0.2, -0.15) is 0 Å². The first-order valence-corrected chi connectivity index (χ1v) is 11.5. The average Bonchev–Trinajstić information content (AvgIpc) is 3.46.